The van der Waals surface area contributed by atoms with Crippen LogP contribution in [0.25, 0.3) is 0 Å². The summed E-state index contributed by atoms with van der Waals surface area (Å²) >= 11 is 3.46. The molecule has 34 heavy (non-hydrogen) atoms. The zero-order chi connectivity index (χ0) is 24.7. The van der Waals surface area contributed by atoms with E-state index in [4.69, 9.17) is 9.68 Å². The Labute approximate surface area is 212 Å². The lowest BCUT2D eigenvalue weighted by atomic mass is 9.82. The fraction of sp³-hybridized carbons (Fsp3) is 0.538. The van der Waals surface area contributed by atoms with E-state index in [9.17, 15) is 8.42 Å². The lowest BCUT2D eigenvalue weighted by Crippen LogP contribution is -2.59. The summed E-state index contributed by atoms with van der Waals surface area (Å²) in [5, 5.41) is 2.08. The van der Waals surface area contributed by atoms with Crippen LogP contribution in [0.5, 0.6) is 0 Å². The number of hydroxylamine groups is 3. The summed E-state index contributed by atoms with van der Waals surface area (Å²) in [5.41, 5.74) is 1.68. The number of piperidine rings is 1. The second kappa shape index (κ2) is 9.64. The second-order valence-electron chi connectivity index (χ2n) is 10.7. The monoisotopic (exact) mass is 550 g/mol. The Morgan fingerprint density at radius 2 is 1.59 bits per heavy atom. The number of halogens is 1. The Kier molecular flexibility index (Phi) is 7.31. The Morgan fingerprint density at radius 3 is 2.18 bits per heavy atom. The minimum Gasteiger partial charge on any atom is -0.296 e. The van der Waals surface area contributed by atoms with E-state index in [0.29, 0.717) is 6.42 Å². The highest BCUT2D eigenvalue weighted by Crippen LogP contribution is 2.41. The van der Waals surface area contributed by atoms with Crippen molar-refractivity contribution in [2.75, 3.05) is 6.61 Å². The van der Waals surface area contributed by atoms with Crippen LogP contribution in [0, 0.1) is 6.92 Å². The highest BCUT2D eigenvalue weighted by molar-refractivity contribution is 9.10. The van der Waals surface area contributed by atoms with Crippen LogP contribution in [0.15, 0.2) is 57.9 Å². The molecule has 2 aliphatic heterocycles. The predicted molar refractivity (Wildman–Crippen MR) is 136 cm³/mol. The van der Waals surface area contributed by atoms with Gasteiger partial charge in [0.2, 0.25) is 0 Å². The number of nitrogens with zero attached hydrogens (tertiary/aromatic N) is 2. The first kappa shape index (κ1) is 25.8. The maximum Gasteiger partial charge on any atom is 0.265 e. The summed E-state index contributed by atoms with van der Waals surface area (Å²) in [7, 11) is -3.86. The summed E-state index contributed by atoms with van der Waals surface area (Å²) < 4.78 is 29.4. The maximum absolute atomic E-state index is 13.6. The Hall–Kier alpha value is -1.29. The molecule has 2 saturated heterocycles. The van der Waals surface area contributed by atoms with Crippen molar-refractivity contribution >= 4 is 26.0 Å². The van der Waals surface area contributed by atoms with Crippen LogP contribution in [0.2, 0.25) is 0 Å². The molecular formula is C26H35BrN2O4S. The molecule has 0 spiro atoms. The van der Waals surface area contributed by atoms with Crippen LogP contribution in [0.4, 0.5) is 0 Å². The van der Waals surface area contributed by atoms with Gasteiger partial charge in [-0.1, -0.05) is 50.2 Å². The second-order valence-corrected chi connectivity index (χ2v) is 13.4. The first-order valence-corrected chi connectivity index (χ1v) is 14.1. The van der Waals surface area contributed by atoms with E-state index >= 15 is 0 Å². The van der Waals surface area contributed by atoms with Gasteiger partial charge in [0, 0.05) is 22.0 Å². The third kappa shape index (κ3) is 5.27. The largest absolute Gasteiger partial charge is 0.296 e. The van der Waals surface area contributed by atoms with Gasteiger partial charge < -0.3 is 0 Å². The molecule has 0 bridgehead atoms. The standard InChI is InChI=1S/C26H35BrN2O4S/c1-19-7-13-23(14-8-19)34(30,31)28-22(17-24(33-28)20-9-11-21(27)12-10-20)18-32-29-25(2,3)15-6-16-26(29,4)5/h7-14,22,24H,6,15-18H2,1-5H3/t22-,24+/m1/s1. The number of rotatable bonds is 6. The van der Waals surface area contributed by atoms with Gasteiger partial charge in [-0.05, 0) is 83.7 Å². The van der Waals surface area contributed by atoms with E-state index in [0.717, 1.165) is 34.9 Å². The van der Waals surface area contributed by atoms with Crippen LogP contribution >= 0.6 is 15.9 Å². The van der Waals surface area contributed by atoms with Gasteiger partial charge in [-0.25, -0.2) is 8.42 Å². The van der Waals surface area contributed by atoms with E-state index in [1.54, 1.807) is 24.3 Å². The highest BCUT2D eigenvalue weighted by Gasteiger charge is 2.46. The van der Waals surface area contributed by atoms with Crippen molar-refractivity contribution in [3.63, 3.8) is 0 Å². The van der Waals surface area contributed by atoms with Crippen LogP contribution < -0.4 is 0 Å². The highest BCUT2D eigenvalue weighted by atomic mass is 79.9. The molecule has 8 heteroatoms. The Morgan fingerprint density at radius 1 is 1.00 bits per heavy atom. The molecule has 2 fully saturated rings. The minimum absolute atomic E-state index is 0.132. The third-order valence-electron chi connectivity index (χ3n) is 6.89. The topological polar surface area (TPSA) is 59.1 Å². The van der Waals surface area contributed by atoms with Crippen LogP contribution in [0.1, 0.15) is 70.6 Å². The van der Waals surface area contributed by atoms with Crippen molar-refractivity contribution in [2.45, 2.75) is 88.4 Å². The van der Waals surface area contributed by atoms with Gasteiger partial charge in [0.15, 0.2) is 0 Å². The van der Waals surface area contributed by atoms with Crippen LogP contribution in [0.3, 0.4) is 0 Å². The number of sulfonamides is 1. The molecule has 0 amide bonds. The van der Waals surface area contributed by atoms with E-state index in [2.05, 4.69) is 48.7 Å². The first-order chi connectivity index (χ1) is 15.9. The molecule has 0 radical (unpaired) electrons. The van der Waals surface area contributed by atoms with Crippen LogP contribution in [-0.2, 0) is 19.7 Å². The van der Waals surface area contributed by atoms with Crippen molar-refractivity contribution in [3.05, 3.63) is 64.1 Å². The smallest absolute Gasteiger partial charge is 0.265 e. The fourth-order valence-electron chi connectivity index (χ4n) is 5.14. The van der Waals surface area contributed by atoms with Gasteiger partial charge in [-0.15, -0.1) is 0 Å². The van der Waals surface area contributed by atoms with Crippen molar-refractivity contribution < 1.29 is 18.1 Å². The van der Waals surface area contributed by atoms with E-state index in [1.807, 2.05) is 31.2 Å². The summed E-state index contributed by atoms with van der Waals surface area (Å²) in [6.45, 7) is 10.9. The Bertz CT molecular complexity index is 1080. The molecule has 2 heterocycles. The van der Waals surface area contributed by atoms with Gasteiger partial charge in [0.05, 0.1) is 17.5 Å². The normalized spacial score (nSPS) is 25.5. The van der Waals surface area contributed by atoms with Gasteiger partial charge in [0.25, 0.3) is 10.0 Å². The maximum atomic E-state index is 13.6. The molecule has 0 aliphatic carbocycles. The number of hydrogen-bond donors (Lipinski definition) is 0. The lowest BCUT2D eigenvalue weighted by Gasteiger charge is -2.51. The third-order valence-corrected chi connectivity index (χ3v) is 9.14. The molecule has 2 atom stereocenters. The average molecular weight is 552 g/mol. The van der Waals surface area contributed by atoms with Crippen LogP contribution in [-0.4, -0.2) is 41.7 Å². The fourth-order valence-corrected chi connectivity index (χ4v) is 6.85. The van der Waals surface area contributed by atoms with E-state index < -0.39 is 16.1 Å². The average Bonchev–Trinajstić information content (AvgIpc) is 3.18. The molecule has 2 aromatic carbocycles. The Balaban J connectivity index is 1.61. The van der Waals surface area contributed by atoms with Gasteiger partial charge in [-0.2, -0.15) is 5.06 Å². The van der Waals surface area contributed by atoms with E-state index in [1.165, 1.54) is 4.47 Å². The summed E-state index contributed by atoms with van der Waals surface area (Å²) in [6.07, 6.45) is 3.35. The van der Waals surface area contributed by atoms with Gasteiger partial charge in [0.1, 0.15) is 6.10 Å². The first-order valence-electron chi connectivity index (χ1n) is 11.9. The van der Waals surface area contributed by atoms with Crippen molar-refractivity contribution in [2.24, 2.45) is 0 Å². The molecule has 4 rings (SSSR count). The minimum atomic E-state index is -3.86. The van der Waals surface area contributed by atoms with Crippen molar-refractivity contribution in [1.82, 2.24) is 9.53 Å². The molecule has 2 aromatic rings. The molecule has 0 saturated carbocycles. The molecule has 0 aromatic heterocycles. The lowest BCUT2D eigenvalue weighted by molar-refractivity contribution is -0.287. The quantitative estimate of drug-likeness (QED) is 0.430. The SMILES string of the molecule is Cc1ccc(S(=O)(=O)N2O[C@H](c3ccc(Br)cc3)C[C@@H]2CON2C(C)(C)CCCC2(C)C)cc1. The van der Waals surface area contributed by atoms with Crippen molar-refractivity contribution in [1.29, 1.82) is 0 Å². The van der Waals surface area contributed by atoms with Crippen molar-refractivity contribution in [3.8, 4) is 0 Å². The zero-order valence-electron chi connectivity index (χ0n) is 20.6. The number of aryl methyl sites for hydroxylation is 1. The molecular weight excluding hydrogens is 516 g/mol. The molecule has 6 nitrogen and oxygen atoms in total. The zero-order valence-corrected chi connectivity index (χ0v) is 23.0. The summed E-state index contributed by atoms with van der Waals surface area (Å²) in [5.74, 6) is 0. The van der Waals surface area contributed by atoms with Gasteiger partial charge in [-0.3, -0.25) is 9.68 Å². The van der Waals surface area contributed by atoms with E-state index in [-0.39, 0.29) is 28.7 Å². The number of benzene rings is 2. The molecule has 0 N–H and O–H groups in total. The molecule has 186 valence electrons. The predicted octanol–water partition coefficient (Wildman–Crippen LogP) is 6.17. The van der Waals surface area contributed by atoms with Gasteiger partial charge >= 0.3 is 0 Å². The summed E-state index contributed by atoms with van der Waals surface area (Å²) in [4.78, 5) is 12.8. The molecule has 0 unspecified atom stereocenters. The molecule has 2 aliphatic rings. The summed E-state index contributed by atoms with van der Waals surface area (Å²) in [6, 6.07) is 14.2. The number of hydrogen-bond acceptors (Lipinski definition) is 5.